The normalized spacial score (nSPS) is 18.7. The van der Waals surface area contributed by atoms with E-state index in [1.807, 2.05) is 0 Å². The molecule has 1 aliphatic heterocycles. The van der Waals surface area contributed by atoms with Crippen LogP contribution in [0.5, 0.6) is 11.5 Å². The molecule has 4 aromatic rings. The average molecular weight is 611 g/mol. The molecule has 2 nitrogen and oxygen atoms in total. The molecule has 8 heteroatoms. The summed E-state index contributed by atoms with van der Waals surface area (Å²) in [4.78, 5) is 0. The van der Waals surface area contributed by atoms with Crippen LogP contribution in [0.4, 0.5) is 26.3 Å². The second-order valence-electron chi connectivity index (χ2n) is 11.9. The van der Waals surface area contributed by atoms with Crippen molar-refractivity contribution in [3.63, 3.8) is 0 Å². The van der Waals surface area contributed by atoms with E-state index in [1.54, 1.807) is 36.4 Å². The number of ether oxygens (including phenoxy) is 2. The maximum Gasteiger partial charge on any atom is 0.194 e. The lowest BCUT2D eigenvalue weighted by Crippen LogP contribution is -2.30. The third-order valence-electron chi connectivity index (χ3n) is 9.04. The van der Waals surface area contributed by atoms with Gasteiger partial charge in [0.05, 0.1) is 13.2 Å². The summed E-state index contributed by atoms with van der Waals surface area (Å²) in [5.74, 6) is -6.14. The third kappa shape index (κ3) is 6.04. The van der Waals surface area contributed by atoms with Gasteiger partial charge < -0.3 is 9.47 Å². The van der Waals surface area contributed by atoms with E-state index in [2.05, 4.69) is 6.92 Å². The van der Waals surface area contributed by atoms with Gasteiger partial charge in [-0.05, 0) is 95.5 Å². The molecule has 0 unspecified atom stereocenters. The van der Waals surface area contributed by atoms with Crippen molar-refractivity contribution in [3.8, 4) is 44.9 Å². The van der Waals surface area contributed by atoms with Gasteiger partial charge in [0.15, 0.2) is 34.9 Å². The second kappa shape index (κ2) is 12.6. The Balaban J connectivity index is 1.43. The minimum absolute atomic E-state index is 0.108. The summed E-state index contributed by atoms with van der Waals surface area (Å²) in [6.45, 7) is 3.00. The van der Waals surface area contributed by atoms with Crippen molar-refractivity contribution in [1.29, 1.82) is 0 Å². The van der Waals surface area contributed by atoms with Crippen LogP contribution in [-0.2, 0) is 0 Å². The highest BCUT2D eigenvalue weighted by molar-refractivity contribution is 5.84. The summed E-state index contributed by atoms with van der Waals surface area (Å²) in [5, 5.41) is 0. The Kier molecular flexibility index (Phi) is 8.61. The number of fused-ring (bicyclic) bond motifs is 3. The number of benzene rings is 4. The van der Waals surface area contributed by atoms with Crippen LogP contribution in [-0.4, -0.2) is 13.2 Å². The highest BCUT2D eigenvalue weighted by Gasteiger charge is 2.30. The molecular formula is C36H32F6O2. The fraction of sp³-hybridized carbons (Fsp3) is 0.333. The van der Waals surface area contributed by atoms with E-state index < -0.39 is 34.9 Å². The molecule has 1 fully saturated rings. The van der Waals surface area contributed by atoms with Crippen LogP contribution in [0.25, 0.3) is 33.4 Å². The summed E-state index contributed by atoms with van der Waals surface area (Å²) in [7, 11) is 0. The molecule has 0 radical (unpaired) electrons. The molecule has 0 aromatic heterocycles. The lowest BCUT2D eigenvalue weighted by molar-refractivity contribution is 0.0982. The largest absolute Gasteiger partial charge is 0.493 e. The molecule has 1 heterocycles. The van der Waals surface area contributed by atoms with Crippen molar-refractivity contribution in [2.24, 2.45) is 17.8 Å². The third-order valence-corrected chi connectivity index (χ3v) is 9.04. The zero-order valence-corrected chi connectivity index (χ0v) is 24.2. The Labute approximate surface area is 252 Å². The van der Waals surface area contributed by atoms with Gasteiger partial charge in [0.1, 0.15) is 11.5 Å². The first-order chi connectivity index (χ1) is 21.2. The SMILES string of the molecule is CCC[C@H]1CC[C@H](C2COc3ccc(-c4cc(F)c(F)c(F)c4)cc3-c3cc(-c4cc(F)c(F)c(F)c4)ccc3OC2)CC1. The zero-order valence-electron chi connectivity index (χ0n) is 24.2. The molecule has 1 saturated carbocycles. The zero-order chi connectivity index (χ0) is 31.0. The Hall–Kier alpha value is -3.94. The van der Waals surface area contributed by atoms with Gasteiger partial charge in [-0.3, -0.25) is 0 Å². The van der Waals surface area contributed by atoms with Gasteiger partial charge >= 0.3 is 0 Å². The fourth-order valence-corrected chi connectivity index (χ4v) is 6.61. The summed E-state index contributed by atoms with van der Waals surface area (Å²) in [6.07, 6.45) is 6.93. The smallest absolute Gasteiger partial charge is 0.194 e. The van der Waals surface area contributed by atoms with E-state index in [4.69, 9.17) is 9.47 Å². The lowest BCUT2D eigenvalue weighted by Gasteiger charge is -2.33. The molecule has 0 bridgehead atoms. The summed E-state index contributed by atoms with van der Waals surface area (Å²) in [5.41, 5.74) is 2.05. The standard InChI is InChI=1S/C36H32F6O2/c1-2-3-20-4-6-21(7-5-20)26-18-43-33-10-8-22(24-14-29(37)35(41)30(38)15-24)12-27(33)28-13-23(9-11-34(28)44-19-26)25-16-31(39)36(42)32(40)17-25/h8-17,20-21,26H,2-7,18-19H2,1H3/t20-,21-. The predicted molar refractivity (Wildman–Crippen MR) is 157 cm³/mol. The van der Waals surface area contributed by atoms with Crippen molar-refractivity contribution in [3.05, 3.63) is 95.6 Å². The summed E-state index contributed by atoms with van der Waals surface area (Å²) < 4.78 is 96.8. The average Bonchev–Trinajstić information content (AvgIpc) is 3.10. The Morgan fingerprint density at radius 2 is 0.977 bits per heavy atom. The number of hydrogen-bond donors (Lipinski definition) is 0. The molecule has 0 spiro atoms. The minimum Gasteiger partial charge on any atom is -0.493 e. The number of hydrogen-bond acceptors (Lipinski definition) is 2. The van der Waals surface area contributed by atoms with Crippen molar-refractivity contribution >= 4 is 0 Å². The quantitative estimate of drug-likeness (QED) is 0.165. The van der Waals surface area contributed by atoms with Crippen LogP contribution in [0.3, 0.4) is 0 Å². The topological polar surface area (TPSA) is 18.5 Å². The monoisotopic (exact) mass is 610 g/mol. The Bertz CT molecular complexity index is 1520. The first kappa shape index (κ1) is 30.1. The van der Waals surface area contributed by atoms with Gasteiger partial charge in [0.2, 0.25) is 0 Å². The Morgan fingerprint density at radius 1 is 0.545 bits per heavy atom. The fourth-order valence-electron chi connectivity index (χ4n) is 6.61. The van der Waals surface area contributed by atoms with E-state index >= 15 is 0 Å². The van der Waals surface area contributed by atoms with E-state index in [-0.39, 0.29) is 17.0 Å². The predicted octanol–water partition coefficient (Wildman–Crippen LogP) is 10.5. The lowest BCUT2D eigenvalue weighted by atomic mass is 9.75. The number of halogens is 6. The van der Waals surface area contributed by atoms with Crippen molar-refractivity contribution in [1.82, 2.24) is 0 Å². The second-order valence-corrected chi connectivity index (χ2v) is 11.9. The van der Waals surface area contributed by atoms with Gasteiger partial charge in [-0.25, -0.2) is 26.3 Å². The highest BCUT2D eigenvalue weighted by atomic mass is 19.2. The van der Waals surface area contributed by atoms with Crippen LogP contribution in [0.2, 0.25) is 0 Å². The molecule has 2 aliphatic rings. The molecule has 1 aliphatic carbocycles. The molecule has 44 heavy (non-hydrogen) atoms. The van der Waals surface area contributed by atoms with Crippen LogP contribution >= 0.6 is 0 Å². The molecule has 230 valence electrons. The molecule has 6 rings (SSSR count). The maximum absolute atomic E-state index is 14.1. The van der Waals surface area contributed by atoms with E-state index in [9.17, 15) is 26.3 Å². The molecule has 0 saturated heterocycles. The first-order valence-electron chi connectivity index (χ1n) is 15.1. The minimum atomic E-state index is -1.56. The van der Waals surface area contributed by atoms with Gasteiger partial charge in [-0.15, -0.1) is 0 Å². The van der Waals surface area contributed by atoms with Crippen LogP contribution in [0.1, 0.15) is 45.4 Å². The van der Waals surface area contributed by atoms with Gasteiger partial charge in [0, 0.05) is 17.0 Å². The van der Waals surface area contributed by atoms with E-state index in [1.165, 1.54) is 25.7 Å². The van der Waals surface area contributed by atoms with Gasteiger partial charge in [-0.1, -0.05) is 44.7 Å². The van der Waals surface area contributed by atoms with E-state index in [0.717, 1.165) is 43.0 Å². The molecular weight excluding hydrogens is 578 g/mol. The van der Waals surface area contributed by atoms with Crippen LogP contribution < -0.4 is 9.47 Å². The van der Waals surface area contributed by atoms with Crippen molar-refractivity contribution in [2.75, 3.05) is 13.2 Å². The van der Waals surface area contributed by atoms with E-state index in [0.29, 0.717) is 52.9 Å². The van der Waals surface area contributed by atoms with Gasteiger partial charge in [0.25, 0.3) is 0 Å². The first-order valence-corrected chi connectivity index (χ1v) is 15.1. The highest BCUT2D eigenvalue weighted by Crippen LogP contribution is 2.44. The van der Waals surface area contributed by atoms with Crippen molar-refractivity contribution < 1.29 is 35.8 Å². The van der Waals surface area contributed by atoms with Crippen LogP contribution in [0, 0.1) is 52.7 Å². The maximum atomic E-state index is 14.1. The molecule has 0 atom stereocenters. The van der Waals surface area contributed by atoms with Gasteiger partial charge in [-0.2, -0.15) is 0 Å². The molecule has 0 N–H and O–H groups in total. The summed E-state index contributed by atoms with van der Waals surface area (Å²) >= 11 is 0. The number of rotatable bonds is 5. The Morgan fingerprint density at radius 3 is 1.39 bits per heavy atom. The molecule has 4 aromatic carbocycles. The summed E-state index contributed by atoms with van der Waals surface area (Å²) in [6, 6.07) is 13.7. The van der Waals surface area contributed by atoms with Crippen LogP contribution in [0.15, 0.2) is 60.7 Å². The molecule has 0 amide bonds. The van der Waals surface area contributed by atoms with Crippen molar-refractivity contribution in [2.45, 2.75) is 45.4 Å².